The molecule has 0 aliphatic carbocycles. The molecule has 0 unspecified atom stereocenters. The Morgan fingerprint density at radius 1 is 0.545 bits per heavy atom. The SMILES string of the molecule is CCCc1cc2c(-c3ccc(C)cc3)cccc2[cH-]1.CCCc1cc2c(-c3ccc(C)cc3)cccc2[cH-]1.[CH2-]C[CH2-].[Cl-].[Cl-].[Hf]. The molecule has 0 aliphatic rings. The fraction of sp³-hybridized carbons (Fsp3) is 0.220. The standard InChI is InChI=1S/2C19H19.C3H6.2ClH.Hf/c2*1-3-5-15-12-17-6-4-7-18(19(17)13-15)16-10-8-14(2)9-11-16;1-3-2;;;/h2*4,6-13H,3,5H2,1-2H3;1-3H2;2*1H;/q2*-1;-2;;;/p-2. The zero-order chi connectivity index (χ0) is 29.2. The molecule has 6 aromatic rings. The van der Waals surface area contributed by atoms with Gasteiger partial charge in [0.05, 0.1) is 0 Å². The Hall–Kier alpha value is -2.45. The summed E-state index contributed by atoms with van der Waals surface area (Å²) in [5.41, 5.74) is 10.8. The molecule has 0 saturated carbocycles. The number of benzene rings is 4. The van der Waals surface area contributed by atoms with E-state index in [9.17, 15) is 0 Å². The van der Waals surface area contributed by atoms with E-state index in [0.717, 1.165) is 6.42 Å². The Balaban J connectivity index is 0.000000380. The van der Waals surface area contributed by atoms with E-state index in [2.05, 4.69) is 151 Å². The van der Waals surface area contributed by atoms with Gasteiger partial charge in [0.25, 0.3) is 0 Å². The van der Waals surface area contributed by atoms with Crippen molar-refractivity contribution in [1.29, 1.82) is 0 Å². The molecule has 44 heavy (non-hydrogen) atoms. The summed E-state index contributed by atoms with van der Waals surface area (Å²) in [4.78, 5) is 0. The second-order valence-electron chi connectivity index (χ2n) is 10.9. The molecule has 0 atom stereocenters. The maximum atomic E-state index is 3.38. The second kappa shape index (κ2) is 19.8. The van der Waals surface area contributed by atoms with Crippen LogP contribution in [0.3, 0.4) is 0 Å². The fourth-order valence-corrected chi connectivity index (χ4v) is 5.43. The summed E-state index contributed by atoms with van der Waals surface area (Å²) in [6.07, 6.45) is 5.50. The summed E-state index contributed by atoms with van der Waals surface area (Å²) in [5.74, 6) is 0. The largest absolute Gasteiger partial charge is 1.00 e. The van der Waals surface area contributed by atoms with Crippen molar-refractivity contribution in [2.24, 2.45) is 0 Å². The van der Waals surface area contributed by atoms with Gasteiger partial charge in [-0.25, -0.2) is 0 Å². The molecular formula is C41H44Cl2Hf-6. The van der Waals surface area contributed by atoms with Crippen LogP contribution < -0.4 is 24.8 Å². The second-order valence-corrected chi connectivity index (χ2v) is 10.9. The molecule has 6 aromatic carbocycles. The molecule has 0 nitrogen and oxygen atoms in total. The number of hydrogen-bond donors (Lipinski definition) is 0. The van der Waals surface area contributed by atoms with Crippen LogP contribution in [0.25, 0.3) is 43.8 Å². The van der Waals surface area contributed by atoms with Crippen LogP contribution in [0, 0.1) is 27.7 Å². The summed E-state index contributed by atoms with van der Waals surface area (Å²) in [5, 5.41) is 5.49. The normalized spacial score (nSPS) is 9.95. The van der Waals surface area contributed by atoms with Gasteiger partial charge in [0, 0.05) is 25.8 Å². The summed E-state index contributed by atoms with van der Waals surface area (Å²) >= 11 is 0. The third-order valence-electron chi connectivity index (χ3n) is 7.42. The van der Waals surface area contributed by atoms with Crippen molar-refractivity contribution in [1.82, 2.24) is 0 Å². The number of halogens is 2. The quantitative estimate of drug-likeness (QED) is 0.143. The maximum Gasteiger partial charge on any atom is 0 e. The van der Waals surface area contributed by atoms with Crippen LogP contribution >= 0.6 is 0 Å². The van der Waals surface area contributed by atoms with Crippen molar-refractivity contribution in [3.8, 4) is 22.3 Å². The van der Waals surface area contributed by atoms with Crippen LogP contribution in [0.2, 0.25) is 0 Å². The minimum atomic E-state index is 0. The van der Waals surface area contributed by atoms with Crippen molar-refractivity contribution in [2.45, 2.75) is 59.8 Å². The number of aryl methyl sites for hydroxylation is 4. The molecule has 0 heterocycles. The van der Waals surface area contributed by atoms with E-state index in [4.69, 9.17) is 0 Å². The third kappa shape index (κ3) is 10.3. The molecule has 0 radical (unpaired) electrons. The van der Waals surface area contributed by atoms with Gasteiger partial charge in [-0.3, -0.25) is 0 Å². The first-order chi connectivity index (χ1) is 20.0. The molecule has 0 amide bonds. The molecular weight excluding hydrogens is 742 g/mol. The molecule has 0 aromatic heterocycles. The Labute approximate surface area is 297 Å². The van der Waals surface area contributed by atoms with Crippen LogP contribution in [-0.4, -0.2) is 0 Å². The molecule has 0 fully saturated rings. The van der Waals surface area contributed by atoms with Crippen LogP contribution in [0.15, 0.2) is 109 Å². The first-order valence-corrected chi connectivity index (χ1v) is 15.1. The van der Waals surface area contributed by atoms with Crippen LogP contribution in [0.1, 0.15) is 55.4 Å². The summed E-state index contributed by atoms with van der Waals surface area (Å²) in [6.45, 7) is 15.5. The minimum Gasteiger partial charge on any atom is -1.00 e. The summed E-state index contributed by atoms with van der Waals surface area (Å²) in [7, 11) is 0. The van der Waals surface area contributed by atoms with E-state index in [1.807, 2.05) is 0 Å². The van der Waals surface area contributed by atoms with Crippen molar-refractivity contribution >= 4 is 21.5 Å². The molecule has 0 N–H and O–H groups in total. The Morgan fingerprint density at radius 3 is 1.20 bits per heavy atom. The van der Waals surface area contributed by atoms with Gasteiger partial charge in [-0.2, -0.15) is 12.1 Å². The average Bonchev–Trinajstić information content (AvgIpc) is 3.58. The minimum absolute atomic E-state index is 0. The van der Waals surface area contributed by atoms with Gasteiger partial charge in [-0.1, -0.05) is 110 Å². The topological polar surface area (TPSA) is 0 Å². The molecule has 6 rings (SSSR count). The van der Waals surface area contributed by atoms with Crippen LogP contribution in [-0.2, 0) is 38.7 Å². The smallest absolute Gasteiger partial charge is 0 e. The Kier molecular flexibility index (Phi) is 17.8. The molecule has 0 aliphatic heterocycles. The summed E-state index contributed by atoms with van der Waals surface area (Å²) < 4.78 is 0. The van der Waals surface area contributed by atoms with Gasteiger partial charge in [0.1, 0.15) is 0 Å². The molecule has 0 spiro atoms. The van der Waals surface area contributed by atoms with Gasteiger partial charge in [0.15, 0.2) is 0 Å². The molecule has 0 saturated heterocycles. The molecule has 232 valence electrons. The zero-order valence-corrected chi connectivity index (χ0v) is 31.7. The van der Waals surface area contributed by atoms with Gasteiger partial charge in [-0.05, 0) is 37.8 Å². The van der Waals surface area contributed by atoms with E-state index in [-0.39, 0.29) is 50.7 Å². The van der Waals surface area contributed by atoms with Gasteiger partial charge in [0.2, 0.25) is 0 Å². The predicted octanol–water partition coefficient (Wildman–Crippen LogP) is 6.02. The van der Waals surface area contributed by atoms with Crippen LogP contribution in [0.5, 0.6) is 0 Å². The van der Waals surface area contributed by atoms with E-state index in [0.29, 0.717) is 0 Å². The van der Waals surface area contributed by atoms with Gasteiger partial charge >= 0.3 is 0 Å². The van der Waals surface area contributed by atoms with E-state index in [1.165, 1.54) is 91.7 Å². The first-order valence-electron chi connectivity index (χ1n) is 15.1. The van der Waals surface area contributed by atoms with E-state index < -0.39 is 0 Å². The fourth-order valence-electron chi connectivity index (χ4n) is 5.43. The van der Waals surface area contributed by atoms with E-state index >= 15 is 0 Å². The van der Waals surface area contributed by atoms with E-state index in [1.54, 1.807) is 0 Å². The zero-order valence-electron chi connectivity index (χ0n) is 26.6. The maximum absolute atomic E-state index is 3.38. The Bertz CT molecular complexity index is 1530. The van der Waals surface area contributed by atoms with Crippen molar-refractivity contribution < 1.29 is 50.7 Å². The van der Waals surface area contributed by atoms with Crippen molar-refractivity contribution in [3.05, 3.63) is 145 Å². The number of hydrogen-bond acceptors (Lipinski definition) is 0. The van der Waals surface area contributed by atoms with Crippen molar-refractivity contribution in [2.75, 3.05) is 0 Å². The number of fused-ring (bicyclic) bond motifs is 2. The van der Waals surface area contributed by atoms with Crippen LogP contribution in [0.4, 0.5) is 0 Å². The Morgan fingerprint density at radius 2 is 0.886 bits per heavy atom. The third-order valence-corrected chi connectivity index (χ3v) is 7.42. The molecule has 3 heteroatoms. The van der Waals surface area contributed by atoms with Gasteiger partial charge in [-0.15, -0.1) is 69.1 Å². The van der Waals surface area contributed by atoms with Crippen molar-refractivity contribution in [3.63, 3.8) is 0 Å². The average molecular weight is 786 g/mol. The first kappa shape index (κ1) is 39.6. The monoisotopic (exact) mass is 786 g/mol. The molecule has 0 bridgehead atoms. The van der Waals surface area contributed by atoms with Gasteiger partial charge < -0.3 is 45.1 Å². The summed E-state index contributed by atoms with van der Waals surface area (Å²) in [6, 6.07) is 40.2. The number of rotatable bonds is 6. The predicted molar refractivity (Wildman–Crippen MR) is 183 cm³/mol.